The molecule has 0 atom stereocenters. The van der Waals surface area contributed by atoms with E-state index in [0.717, 1.165) is 16.7 Å². The van der Waals surface area contributed by atoms with Crippen LogP contribution in [0.15, 0.2) is 18.2 Å². The third-order valence-corrected chi connectivity index (χ3v) is 3.72. The number of pyridine rings is 1. The highest BCUT2D eigenvalue weighted by Crippen LogP contribution is 2.42. The Labute approximate surface area is 133 Å². The summed E-state index contributed by atoms with van der Waals surface area (Å²) in [5, 5.41) is 0.695. The third kappa shape index (κ3) is 3.01. The number of halogens is 2. The van der Waals surface area contributed by atoms with Crippen LogP contribution < -0.4 is 14.2 Å². The molecule has 4 nitrogen and oxygen atoms in total. The van der Waals surface area contributed by atoms with Gasteiger partial charge in [-0.2, -0.15) is 0 Å². The summed E-state index contributed by atoms with van der Waals surface area (Å²) in [6, 6.07) is 5.44. The molecule has 0 aliphatic heterocycles. The van der Waals surface area contributed by atoms with Gasteiger partial charge in [0.2, 0.25) is 5.75 Å². The molecule has 0 amide bonds. The lowest BCUT2D eigenvalue weighted by Gasteiger charge is -2.15. The molecule has 112 valence electrons. The molecule has 0 fully saturated rings. The summed E-state index contributed by atoms with van der Waals surface area (Å²) in [6.45, 7) is 1.88. The van der Waals surface area contributed by atoms with Gasteiger partial charge in [0, 0.05) is 0 Å². The Morgan fingerprint density at radius 2 is 1.48 bits per heavy atom. The third-order valence-electron chi connectivity index (χ3n) is 3.16. The van der Waals surface area contributed by atoms with Crippen molar-refractivity contribution in [1.29, 1.82) is 0 Å². The van der Waals surface area contributed by atoms with Crippen molar-refractivity contribution in [2.45, 2.75) is 6.92 Å². The number of benzene rings is 1. The van der Waals surface area contributed by atoms with Crippen molar-refractivity contribution in [2.75, 3.05) is 21.3 Å². The van der Waals surface area contributed by atoms with Crippen LogP contribution in [0.2, 0.25) is 10.3 Å². The van der Waals surface area contributed by atoms with Gasteiger partial charge in [-0.25, -0.2) is 4.98 Å². The summed E-state index contributed by atoms with van der Waals surface area (Å²) >= 11 is 12.1. The van der Waals surface area contributed by atoms with Crippen molar-refractivity contribution >= 4 is 23.2 Å². The van der Waals surface area contributed by atoms with E-state index in [9.17, 15) is 0 Å². The van der Waals surface area contributed by atoms with E-state index in [1.165, 1.54) is 0 Å². The predicted octanol–water partition coefficient (Wildman–Crippen LogP) is 4.39. The Morgan fingerprint density at radius 1 is 0.905 bits per heavy atom. The molecular formula is C15H15Cl2NO3. The molecule has 0 unspecified atom stereocenters. The van der Waals surface area contributed by atoms with Crippen LogP contribution >= 0.6 is 23.2 Å². The number of methoxy groups -OCH3 is 3. The highest BCUT2D eigenvalue weighted by molar-refractivity contribution is 6.33. The zero-order valence-electron chi connectivity index (χ0n) is 12.2. The van der Waals surface area contributed by atoms with Crippen LogP contribution in [0.1, 0.15) is 5.56 Å². The molecule has 0 saturated carbocycles. The first kappa shape index (κ1) is 15.7. The molecule has 1 heterocycles. The van der Waals surface area contributed by atoms with Crippen molar-refractivity contribution in [3.05, 3.63) is 34.1 Å². The molecule has 6 heteroatoms. The van der Waals surface area contributed by atoms with Crippen molar-refractivity contribution in [3.8, 4) is 28.4 Å². The lowest BCUT2D eigenvalue weighted by molar-refractivity contribution is 0.324. The second-order valence-corrected chi connectivity index (χ2v) is 5.07. The Morgan fingerprint density at radius 3 is 1.95 bits per heavy atom. The minimum atomic E-state index is 0.328. The molecule has 0 radical (unpaired) electrons. The smallest absolute Gasteiger partial charge is 0.203 e. The normalized spacial score (nSPS) is 10.4. The van der Waals surface area contributed by atoms with Gasteiger partial charge in [-0.15, -0.1) is 0 Å². The van der Waals surface area contributed by atoms with Gasteiger partial charge in [0.05, 0.1) is 21.3 Å². The van der Waals surface area contributed by atoms with E-state index < -0.39 is 0 Å². The minimum absolute atomic E-state index is 0.328. The van der Waals surface area contributed by atoms with Gasteiger partial charge in [0.1, 0.15) is 10.3 Å². The van der Waals surface area contributed by atoms with Gasteiger partial charge in [0.25, 0.3) is 0 Å². The van der Waals surface area contributed by atoms with E-state index in [2.05, 4.69) is 4.98 Å². The number of rotatable bonds is 4. The summed E-state index contributed by atoms with van der Waals surface area (Å²) in [4.78, 5) is 4.02. The SMILES string of the molecule is COc1cc(-c2cc(Cl)nc(Cl)c2C)cc(OC)c1OC. The van der Waals surface area contributed by atoms with Crippen molar-refractivity contribution in [2.24, 2.45) is 0 Å². The van der Waals surface area contributed by atoms with E-state index in [-0.39, 0.29) is 0 Å². The highest BCUT2D eigenvalue weighted by Gasteiger charge is 2.16. The maximum Gasteiger partial charge on any atom is 0.203 e. The standard InChI is InChI=1S/C15H15Cl2NO3/c1-8-10(7-13(16)18-15(8)17)9-5-11(19-2)14(21-4)12(6-9)20-3/h5-7H,1-4H3. The average Bonchev–Trinajstić information content (AvgIpc) is 2.49. The first-order valence-corrected chi connectivity index (χ1v) is 6.90. The van der Waals surface area contributed by atoms with Gasteiger partial charge in [-0.3, -0.25) is 0 Å². The first-order valence-electron chi connectivity index (χ1n) is 6.14. The fourth-order valence-corrected chi connectivity index (χ4v) is 2.51. The molecule has 0 saturated heterocycles. The molecule has 0 spiro atoms. The molecule has 0 aliphatic carbocycles. The number of nitrogens with zero attached hydrogens (tertiary/aromatic N) is 1. The second kappa shape index (κ2) is 6.41. The molecule has 0 aliphatic rings. The maximum atomic E-state index is 6.09. The molecule has 2 aromatic rings. The fraction of sp³-hybridized carbons (Fsp3) is 0.267. The van der Waals surface area contributed by atoms with Crippen LogP contribution in [-0.2, 0) is 0 Å². The van der Waals surface area contributed by atoms with Crippen LogP contribution in [0.5, 0.6) is 17.2 Å². The predicted molar refractivity (Wildman–Crippen MR) is 84.1 cm³/mol. The van der Waals surface area contributed by atoms with Crippen LogP contribution in [-0.4, -0.2) is 26.3 Å². The Bertz CT molecular complexity index is 649. The Kier molecular flexibility index (Phi) is 4.80. The Balaban J connectivity index is 2.70. The summed E-state index contributed by atoms with van der Waals surface area (Å²) < 4.78 is 16.0. The lowest BCUT2D eigenvalue weighted by Crippen LogP contribution is -1.97. The molecular weight excluding hydrogens is 313 g/mol. The van der Waals surface area contributed by atoms with Crippen molar-refractivity contribution < 1.29 is 14.2 Å². The van der Waals surface area contributed by atoms with Gasteiger partial charge < -0.3 is 14.2 Å². The lowest BCUT2D eigenvalue weighted by atomic mass is 10.0. The van der Waals surface area contributed by atoms with Crippen LogP contribution in [0.3, 0.4) is 0 Å². The van der Waals surface area contributed by atoms with E-state index in [4.69, 9.17) is 37.4 Å². The largest absolute Gasteiger partial charge is 0.493 e. The molecule has 0 N–H and O–H groups in total. The van der Waals surface area contributed by atoms with Gasteiger partial charge >= 0.3 is 0 Å². The van der Waals surface area contributed by atoms with Crippen molar-refractivity contribution in [3.63, 3.8) is 0 Å². The number of aromatic nitrogens is 1. The van der Waals surface area contributed by atoms with Crippen LogP contribution in [0.25, 0.3) is 11.1 Å². The molecule has 1 aromatic heterocycles. The zero-order chi connectivity index (χ0) is 15.6. The van der Waals surface area contributed by atoms with Crippen molar-refractivity contribution in [1.82, 2.24) is 4.98 Å². The van der Waals surface area contributed by atoms with Gasteiger partial charge in [0.15, 0.2) is 11.5 Å². The minimum Gasteiger partial charge on any atom is -0.493 e. The molecule has 1 aromatic carbocycles. The molecule has 2 rings (SSSR count). The summed E-state index contributed by atoms with van der Waals surface area (Å²) in [6.07, 6.45) is 0. The van der Waals surface area contributed by atoms with E-state index in [1.807, 2.05) is 19.1 Å². The van der Waals surface area contributed by atoms with E-state index >= 15 is 0 Å². The summed E-state index contributed by atoms with van der Waals surface area (Å²) in [5.74, 6) is 1.67. The zero-order valence-corrected chi connectivity index (χ0v) is 13.7. The quantitative estimate of drug-likeness (QED) is 0.781. The number of ether oxygens (including phenoxy) is 3. The summed E-state index contributed by atoms with van der Waals surface area (Å²) in [7, 11) is 4.70. The second-order valence-electron chi connectivity index (χ2n) is 4.32. The Hall–Kier alpha value is -1.65. The summed E-state index contributed by atoms with van der Waals surface area (Å²) in [5.41, 5.74) is 2.54. The average molecular weight is 328 g/mol. The van der Waals surface area contributed by atoms with Crippen LogP contribution in [0.4, 0.5) is 0 Å². The van der Waals surface area contributed by atoms with Crippen LogP contribution in [0, 0.1) is 6.92 Å². The fourth-order valence-electron chi connectivity index (χ4n) is 2.08. The first-order chi connectivity index (χ1) is 10.0. The molecule has 0 bridgehead atoms. The maximum absolute atomic E-state index is 6.09. The molecule has 21 heavy (non-hydrogen) atoms. The van der Waals surface area contributed by atoms with Gasteiger partial charge in [-0.1, -0.05) is 23.2 Å². The highest BCUT2D eigenvalue weighted by atomic mass is 35.5. The number of hydrogen-bond acceptors (Lipinski definition) is 4. The topological polar surface area (TPSA) is 40.6 Å². The monoisotopic (exact) mass is 327 g/mol. The van der Waals surface area contributed by atoms with E-state index in [0.29, 0.717) is 27.6 Å². The van der Waals surface area contributed by atoms with E-state index in [1.54, 1.807) is 27.4 Å². The van der Waals surface area contributed by atoms with Gasteiger partial charge in [-0.05, 0) is 41.8 Å². The number of hydrogen-bond donors (Lipinski definition) is 0.